The fraction of sp³-hybridized carbons (Fsp3) is 1.00. The Morgan fingerprint density at radius 2 is 1.12 bits per heavy atom. The van der Waals surface area contributed by atoms with Crippen molar-refractivity contribution in [2.45, 2.75) is 104 Å². The van der Waals surface area contributed by atoms with Gasteiger partial charge in [0.15, 0.2) is 0 Å². The van der Waals surface area contributed by atoms with Crippen LogP contribution in [0.3, 0.4) is 0 Å². The molecule has 4 nitrogen and oxygen atoms in total. The maximum Gasteiger partial charge on any atom is 1.00 e. The van der Waals surface area contributed by atoms with Gasteiger partial charge in [-0.3, -0.25) is 4.18 Å². The minimum atomic E-state index is -4.55. The average molecular weight is 373 g/mol. The second-order valence-electron chi connectivity index (χ2n) is 6.67. The summed E-state index contributed by atoms with van der Waals surface area (Å²) < 4.78 is 36.4. The van der Waals surface area contributed by atoms with E-state index < -0.39 is 10.4 Å². The van der Waals surface area contributed by atoms with Crippen LogP contribution in [0.2, 0.25) is 0 Å². The first-order valence-electron chi connectivity index (χ1n) is 9.59. The molecule has 0 spiro atoms. The van der Waals surface area contributed by atoms with E-state index in [1.807, 2.05) is 0 Å². The van der Waals surface area contributed by atoms with E-state index in [0.29, 0.717) is 0 Å². The van der Waals surface area contributed by atoms with Crippen molar-refractivity contribution in [3.05, 3.63) is 0 Å². The van der Waals surface area contributed by atoms with Crippen molar-refractivity contribution < 1.29 is 46.7 Å². The molecule has 1 unspecified atom stereocenters. The molecular formula is C18H37NaO4S. The number of rotatable bonds is 17. The van der Waals surface area contributed by atoms with Gasteiger partial charge in [0.05, 0.1) is 6.61 Å². The Morgan fingerprint density at radius 3 is 1.54 bits per heavy atom. The molecule has 0 aliphatic rings. The van der Waals surface area contributed by atoms with Crippen LogP contribution in [-0.2, 0) is 14.6 Å². The zero-order valence-corrected chi connectivity index (χ0v) is 19.0. The van der Waals surface area contributed by atoms with E-state index in [-0.39, 0.29) is 42.1 Å². The molecule has 0 amide bonds. The van der Waals surface area contributed by atoms with Gasteiger partial charge in [-0.05, 0) is 18.8 Å². The Balaban J connectivity index is 0. The molecule has 140 valence electrons. The Kier molecular flexibility index (Phi) is 21.1. The fourth-order valence-corrected chi connectivity index (χ4v) is 3.28. The topological polar surface area (TPSA) is 66.4 Å². The van der Waals surface area contributed by atoms with E-state index >= 15 is 0 Å². The van der Waals surface area contributed by atoms with Crippen LogP contribution >= 0.6 is 0 Å². The Hall–Kier alpha value is 0.870. The van der Waals surface area contributed by atoms with Crippen LogP contribution in [0.1, 0.15) is 104 Å². The third kappa shape index (κ3) is 20.9. The summed E-state index contributed by atoms with van der Waals surface area (Å²) in [6.07, 6.45) is 16.7. The zero-order chi connectivity index (χ0) is 17.4. The third-order valence-corrected chi connectivity index (χ3v) is 4.80. The van der Waals surface area contributed by atoms with Crippen molar-refractivity contribution in [1.82, 2.24) is 0 Å². The molecule has 24 heavy (non-hydrogen) atoms. The smallest absolute Gasteiger partial charge is 0.726 e. The summed E-state index contributed by atoms with van der Waals surface area (Å²) in [7, 11) is -4.55. The molecular weight excluding hydrogens is 335 g/mol. The van der Waals surface area contributed by atoms with Crippen molar-refractivity contribution in [3.63, 3.8) is 0 Å². The molecule has 0 saturated heterocycles. The molecule has 0 aliphatic carbocycles. The van der Waals surface area contributed by atoms with Gasteiger partial charge < -0.3 is 4.55 Å². The van der Waals surface area contributed by atoms with E-state index in [1.54, 1.807) is 0 Å². The molecule has 0 aliphatic heterocycles. The molecule has 0 saturated carbocycles. The molecule has 0 bridgehead atoms. The van der Waals surface area contributed by atoms with Gasteiger partial charge in [-0.15, -0.1) is 0 Å². The maximum atomic E-state index is 10.6. The second kappa shape index (κ2) is 18.7. The first kappa shape index (κ1) is 27.1. The fourth-order valence-electron chi connectivity index (χ4n) is 2.92. The third-order valence-electron chi connectivity index (χ3n) is 4.38. The molecule has 0 fully saturated rings. The predicted octanol–water partition coefficient (Wildman–Crippen LogP) is 2.58. The normalized spacial score (nSPS) is 12.8. The first-order valence-corrected chi connectivity index (χ1v) is 10.9. The molecule has 0 N–H and O–H groups in total. The minimum Gasteiger partial charge on any atom is -0.726 e. The van der Waals surface area contributed by atoms with Crippen LogP contribution in [0, 0.1) is 5.92 Å². The van der Waals surface area contributed by atoms with Gasteiger partial charge in [-0.25, -0.2) is 8.42 Å². The van der Waals surface area contributed by atoms with Crippen LogP contribution in [0.4, 0.5) is 0 Å². The summed E-state index contributed by atoms with van der Waals surface area (Å²) in [6.45, 7) is 4.46. The average Bonchev–Trinajstić information content (AvgIpc) is 2.50. The maximum absolute atomic E-state index is 10.6. The van der Waals surface area contributed by atoms with E-state index in [0.717, 1.165) is 25.7 Å². The summed E-state index contributed by atoms with van der Waals surface area (Å²) in [5.41, 5.74) is 0. The zero-order valence-electron chi connectivity index (χ0n) is 16.2. The molecule has 0 radical (unpaired) electrons. The summed E-state index contributed by atoms with van der Waals surface area (Å²) in [4.78, 5) is 0. The quantitative estimate of drug-likeness (QED) is 0.170. The van der Waals surface area contributed by atoms with Crippen LogP contribution in [0.5, 0.6) is 0 Å². The number of hydrogen-bond donors (Lipinski definition) is 0. The Labute approximate surface area is 172 Å². The van der Waals surface area contributed by atoms with Crippen molar-refractivity contribution >= 4 is 10.4 Å². The first-order chi connectivity index (χ1) is 11.0. The van der Waals surface area contributed by atoms with Crippen molar-refractivity contribution in [2.24, 2.45) is 5.92 Å². The van der Waals surface area contributed by atoms with Gasteiger partial charge in [-0.2, -0.15) is 0 Å². The van der Waals surface area contributed by atoms with E-state index in [4.69, 9.17) is 0 Å². The summed E-state index contributed by atoms with van der Waals surface area (Å²) in [5.74, 6) is 0.204. The summed E-state index contributed by atoms with van der Waals surface area (Å²) >= 11 is 0. The van der Waals surface area contributed by atoms with Crippen molar-refractivity contribution in [2.75, 3.05) is 6.61 Å². The molecule has 0 rings (SSSR count). The van der Waals surface area contributed by atoms with Crippen molar-refractivity contribution in [1.29, 1.82) is 0 Å². The molecule has 1 atom stereocenters. The summed E-state index contributed by atoms with van der Waals surface area (Å²) in [5, 5.41) is 0. The van der Waals surface area contributed by atoms with Gasteiger partial charge >= 0.3 is 29.6 Å². The number of unbranched alkanes of at least 4 members (excludes halogenated alkanes) is 10. The molecule has 0 aromatic heterocycles. The largest absolute Gasteiger partial charge is 1.00 e. The SMILES string of the molecule is CCCCCCCCCCC(CCCCCC)COS(=O)(=O)[O-].[Na+]. The van der Waals surface area contributed by atoms with Gasteiger partial charge in [0.1, 0.15) is 0 Å². The predicted molar refractivity (Wildman–Crippen MR) is 95.1 cm³/mol. The second-order valence-corrected chi connectivity index (χ2v) is 7.72. The summed E-state index contributed by atoms with van der Waals surface area (Å²) in [6, 6.07) is 0. The molecule has 0 aromatic carbocycles. The number of hydrogen-bond acceptors (Lipinski definition) is 4. The Morgan fingerprint density at radius 1 is 0.750 bits per heavy atom. The molecule has 6 heteroatoms. The van der Waals surface area contributed by atoms with Gasteiger partial charge in [-0.1, -0.05) is 90.9 Å². The van der Waals surface area contributed by atoms with E-state index in [2.05, 4.69) is 18.0 Å². The van der Waals surface area contributed by atoms with E-state index in [9.17, 15) is 13.0 Å². The van der Waals surface area contributed by atoms with Gasteiger partial charge in [0, 0.05) is 0 Å². The Bertz CT molecular complexity index is 347. The van der Waals surface area contributed by atoms with Crippen LogP contribution in [0.25, 0.3) is 0 Å². The monoisotopic (exact) mass is 372 g/mol. The molecule has 0 aromatic rings. The van der Waals surface area contributed by atoms with Gasteiger partial charge in [0.2, 0.25) is 10.4 Å². The standard InChI is InChI=1S/C18H38O4S.Na/c1-3-5-7-9-10-11-12-14-16-18(15-13-8-6-4-2)17-22-23(19,20)21;/h18H,3-17H2,1-2H3,(H,19,20,21);/q;+1/p-1. The minimum absolute atomic E-state index is 0. The van der Waals surface area contributed by atoms with Crippen LogP contribution in [-0.4, -0.2) is 19.6 Å². The van der Waals surface area contributed by atoms with Crippen LogP contribution < -0.4 is 29.6 Å². The van der Waals surface area contributed by atoms with Crippen molar-refractivity contribution in [3.8, 4) is 0 Å². The molecule has 0 heterocycles. The van der Waals surface area contributed by atoms with Crippen LogP contribution in [0.15, 0.2) is 0 Å². The van der Waals surface area contributed by atoms with Gasteiger partial charge in [0.25, 0.3) is 0 Å². The van der Waals surface area contributed by atoms with E-state index in [1.165, 1.54) is 64.2 Å².